The van der Waals surface area contributed by atoms with Gasteiger partial charge in [-0.3, -0.25) is 5.10 Å². The Kier molecular flexibility index (Phi) is 3.34. The topological polar surface area (TPSA) is 61.8 Å². The van der Waals surface area contributed by atoms with Gasteiger partial charge in [-0.1, -0.05) is 23.2 Å². The molecule has 0 radical (unpaired) electrons. The molecule has 0 bridgehead atoms. The van der Waals surface area contributed by atoms with Crippen LogP contribution in [0.3, 0.4) is 0 Å². The van der Waals surface area contributed by atoms with Crippen LogP contribution in [0.5, 0.6) is 5.75 Å². The molecule has 0 aliphatic rings. The summed E-state index contributed by atoms with van der Waals surface area (Å²) in [6.07, 6.45) is 0. The average Bonchev–Trinajstić information content (AvgIpc) is 2.92. The van der Waals surface area contributed by atoms with Crippen molar-refractivity contribution in [2.24, 2.45) is 0 Å². The molecule has 2 aromatic carbocycles. The fourth-order valence-electron chi connectivity index (χ4n) is 1.81. The van der Waals surface area contributed by atoms with Crippen LogP contribution in [0.15, 0.2) is 42.5 Å². The second kappa shape index (κ2) is 5.15. The van der Waals surface area contributed by atoms with E-state index in [1.54, 1.807) is 24.3 Å². The molecule has 0 aliphatic carbocycles. The van der Waals surface area contributed by atoms with Crippen LogP contribution < -0.4 is 0 Å². The van der Waals surface area contributed by atoms with Crippen LogP contribution in [0.2, 0.25) is 10.0 Å². The second-order valence-corrected chi connectivity index (χ2v) is 5.05. The summed E-state index contributed by atoms with van der Waals surface area (Å²) in [5, 5.41) is 17.9. The molecule has 4 nitrogen and oxygen atoms in total. The van der Waals surface area contributed by atoms with Crippen molar-refractivity contribution in [1.29, 1.82) is 0 Å². The second-order valence-electron chi connectivity index (χ2n) is 4.18. The Morgan fingerprint density at radius 1 is 0.950 bits per heavy atom. The lowest BCUT2D eigenvalue weighted by atomic mass is 10.2. The van der Waals surface area contributed by atoms with Crippen molar-refractivity contribution < 1.29 is 5.11 Å². The van der Waals surface area contributed by atoms with Crippen LogP contribution in [0.1, 0.15) is 0 Å². The van der Waals surface area contributed by atoms with Gasteiger partial charge in [0, 0.05) is 15.6 Å². The molecule has 0 saturated carbocycles. The third-order valence-electron chi connectivity index (χ3n) is 2.80. The summed E-state index contributed by atoms with van der Waals surface area (Å²) < 4.78 is 0. The first-order chi connectivity index (χ1) is 9.63. The number of aromatic hydroxyl groups is 1. The molecule has 3 aromatic rings. The Morgan fingerprint density at radius 3 is 2.40 bits per heavy atom. The third kappa shape index (κ3) is 2.48. The number of aromatic nitrogens is 3. The molecule has 1 heterocycles. The number of aromatic amines is 1. The Morgan fingerprint density at radius 2 is 1.65 bits per heavy atom. The summed E-state index contributed by atoms with van der Waals surface area (Å²) in [5.74, 6) is 1.07. The number of phenolic OH excluding ortho intramolecular Hbond substituents is 1. The number of hydrogen-bond donors (Lipinski definition) is 2. The molecule has 0 atom stereocenters. The lowest BCUT2D eigenvalue weighted by Crippen LogP contribution is -1.82. The van der Waals surface area contributed by atoms with Gasteiger partial charge in [0.2, 0.25) is 0 Å². The van der Waals surface area contributed by atoms with Gasteiger partial charge >= 0.3 is 0 Å². The van der Waals surface area contributed by atoms with E-state index < -0.39 is 0 Å². The summed E-state index contributed by atoms with van der Waals surface area (Å²) in [6, 6.07) is 11.9. The lowest BCUT2D eigenvalue weighted by molar-refractivity contribution is 0.477. The van der Waals surface area contributed by atoms with Gasteiger partial charge in [0.25, 0.3) is 0 Å². The monoisotopic (exact) mass is 305 g/mol. The van der Waals surface area contributed by atoms with E-state index in [4.69, 9.17) is 23.2 Å². The molecule has 0 spiro atoms. The molecule has 0 unspecified atom stereocenters. The normalized spacial score (nSPS) is 10.7. The SMILES string of the molecule is Oc1ccc(Cl)cc1-c1nc(-c2ccc(Cl)cc2)n[nH]1. The van der Waals surface area contributed by atoms with E-state index in [1.165, 1.54) is 6.07 Å². The van der Waals surface area contributed by atoms with Crippen molar-refractivity contribution in [1.82, 2.24) is 15.2 Å². The number of hydrogen-bond acceptors (Lipinski definition) is 3. The molecule has 0 fully saturated rings. The highest BCUT2D eigenvalue weighted by molar-refractivity contribution is 6.31. The minimum Gasteiger partial charge on any atom is -0.507 e. The first-order valence-electron chi connectivity index (χ1n) is 5.81. The van der Waals surface area contributed by atoms with Gasteiger partial charge in [-0.05, 0) is 42.5 Å². The highest BCUT2D eigenvalue weighted by atomic mass is 35.5. The van der Waals surface area contributed by atoms with E-state index in [2.05, 4.69) is 15.2 Å². The number of benzene rings is 2. The van der Waals surface area contributed by atoms with Gasteiger partial charge in [0.05, 0.1) is 5.56 Å². The fourth-order valence-corrected chi connectivity index (χ4v) is 2.11. The number of H-pyrrole nitrogens is 1. The lowest BCUT2D eigenvalue weighted by Gasteiger charge is -2.00. The van der Waals surface area contributed by atoms with Crippen molar-refractivity contribution in [3.63, 3.8) is 0 Å². The van der Waals surface area contributed by atoms with E-state index >= 15 is 0 Å². The zero-order valence-corrected chi connectivity index (χ0v) is 11.7. The van der Waals surface area contributed by atoms with Gasteiger partial charge in [0.1, 0.15) is 5.75 Å². The highest BCUT2D eigenvalue weighted by Crippen LogP contribution is 2.30. The van der Waals surface area contributed by atoms with Gasteiger partial charge < -0.3 is 5.11 Å². The van der Waals surface area contributed by atoms with Gasteiger partial charge in [0.15, 0.2) is 11.6 Å². The third-order valence-corrected chi connectivity index (χ3v) is 3.29. The molecule has 0 amide bonds. The molecule has 1 aromatic heterocycles. The maximum atomic E-state index is 9.84. The Bertz CT molecular complexity index is 753. The van der Waals surface area contributed by atoms with Crippen molar-refractivity contribution in [2.45, 2.75) is 0 Å². The van der Waals surface area contributed by atoms with Crippen LogP contribution in [0, 0.1) is 0 Å². The molecule has 0 saturated heterocycles. The quantitative estimate of drug-likeness (QED) is 0.747. The first-order valence-corrected chi connectivity index (χ1v) is 6.56. The van der Waals surface area contributed by atoms with Crippen LogP contribution in [0.4, 0.5) is 0 Å². The smallest absolute Gasteiger partial charge is 0.181 e. The van der Waals surface area contributed by atoms with E-state index in [0.29, 0.717) is 27.3 Å². The minimum atomic E-state index is 0.0909. The average molecular weight is 306 g/mol. The minimum absolute atomic E-state index is 0.0909. The van der Waals surface area contributed by atoms with Gasteiger partial charge in [-0.25, -0.2) is 4.98 Å². The Labute approximate surface area is 125 Å². The number of rotatable bonds is 2. The number of phenols is 1. The molecule has 20 heavy (non-hydrogen) atoms. The van der Waals surface area contributed by atoms with E-state index in [9.17, 15) is 5.11 Å². The van der Waals surface area contributed by atoms with Crippen molar-refractivity contribution >= 4 is 23.2 Å². The summed E-state index contributed by atoms with van der Waals surface area (Å²) >= 11 is 11.8. The molecular weight excluding hydrogens is 297 g/mol. The van der Waals surface area contributed by atoms with E-state index in [-0.39, 0.29) is 5.75 Å². The summed E-state index contributed by atoms with van der Waals surface area (Å²) in [4.78, 5) is 4.35. The van der Waals surface area contributed by atoms with Crippen LogP contribution in [0.25, 0.3) is 22.8 Å². The van der Waals surface area contributed by atoms with Crippen molar-refractivity contribution in [3.8, 4) is 28.5 Å². The standard InChI is InChI=1S/C14H9Cl2N3O/c15-9-3-1-8(2-4-9)13-17-14(19-18-13)11-7-10(16)5-6-12(11)20/h1-7,20H,(H,17,18,19). The van der Waals surface area contributed by atoms with Crippen LogP contribution in [-0.2, 0) is 0 Å². The predicted molar refractivity (Wildman–Crippen MR) is 78.9 cm³/mol. The van der Waals surface area contributed by atoms with Gasteiger partial charge in [-0.2, -0.15) is 5.10 Å². The molecule has 0 aliphatic heterocycles. The Hall–Kier alpha value is -2.04. The molecule has 2 N–H and O–H groups in total. The van der Waals surface area contributed by atoms with Crippen molar-refractivity contribution in [2.75, 3.05) is 0 Å². The fraction of sp³-hybridized carbons (Fsp3) is 0. The summed E-state index contributed by atoms with van der Waals surface area (Å²) in [6.45, 7) is 0. The molecular formula is C14H9Cl2N3O. The molecule has 6 heteroatoms. The van der Waals surface area contributed by atoms with Crippen LogP contribution in [-0.4, -0.2) is 20.3 Å². The molecule has 3 rings (SSSR count). The summed E-state index contributed by atoms with van der Waals surface area (Å²) in [7, 11) is 0. The molecule has 100 valence electrons. The Balaban J connectivity index is 2.01. The number of nitrogens with zero attached hydrogens (tertiary/aromatic N) is 2. The highest BCUT2D eigenvalue weighted by Gasteiger charge is 2.11. The van der Waals surface area contributed by atoms with Gasteiger partial charge in [-0.15, -0.1) is 0 Å². The number of nitrogens with one attached hydrogen (secondary N) is 1. The largest absolute Gasteiger partial charge is 0.507 e. The van der Waals surface area contributed by atoms with Crippen LogP contribution >= 0.6 is 23.2 Å². The predicted octanol–water partition coefficient (Wildman–Crippen LogP) is 4.15. The number of halogens is 2. The maximum Gasteiger partial charge on any atom is 0.181 e. The van der Waals surface area contributed by atoms with E-state index in [0.717, 1.165) is 5.56 Å². The van der Waals surface area contributed by atoms with E-state index in [1.807, 2.05) is 12.1 Å². The summed E-state index contributed by atoms with van der Waals surface area (Å²) in [5.41, 5.74) is 1.34. The maximum absolute atomic E-state index is 9.84. The first kappa shape index (κ1) is 13.0. The zero-order chi connectivity index (χ0) is 14.1. The van der Waals surface area contributed by atoms with Crippen molar-refractivity contribution in [3.05, 3.63) is 52.5 Å². The zero-order valence-electron chi connectivity index (χ0n) is 10.1.